The molecule has 1 aromatic rings. The molecular weight excluding hydrogens is 206 g/mol. The second kappa shape index (κ2) is 8.86. The zero-order valence-corrected chi connectivity index (χ0v) is 11.9. The van der Waals surface area contributed by atoms with Crippen LogP contribution in [0.4, 0.5) is 0 Å². The van der Waals surface area contributed by atoms with Crippen LogP contribution in [0.5, 0.6) is 0 Å². The first-order valence-electron chi connectivity index (χ1n) is 6.85. The third kappa shape index (κ3) is 3.62. The Morgan fingerprint density at radius 2 is 1.53 bits per heavy atom. The van der Waals surface area contributed by atoms with Crippen LogP contribution < -0.4 is 0 Å². The van der Waals surface area contributed by atoms with Gasteiger partial charge in [0.1, 0.15) is 0 Å². The van der Waals surface area contributed by atoms with Crippen molar-refractivity contribution in [3.8, 4) is 0 Å². The maximum Gasteiger partial charge on any atom is 0.0452 e. The number of hydrogen-bond acceptors (Lipinski definition) is 0. The van der Waals surface area contributed by atoms with Gasteiger partial charge in [0.05, 0.1) is 0 Å². The number of aromatic amines is 1. The molecule has 2 rings (SSSR count). The summed E-state index contributed by atoms with van der Waals surface area (Å²) in [5.74, 6) is 0. The molecule has 1 N–H and O–H groups in total. The molecule has 1 nitrogen and oxygen atoms in total. The van der Waals surface area contributed by atoms with Crippen molar-refractivity contribution in [3.05, 3.63) is 35.7 Å². The minimum absolute atomic E-state index is 1.14. The van der Waals surface area contributed by atoms with Crippen molar-refractivity contribution in [2.45, 2.75) is 53.4 Å². The molecule has 0 fully saturated rings. The number of rotatable bonds is 2. The largest absolute Gasteiger partial charge is 0.358 e. The average molecular weight is 233 g/mol. The van der Waals surface area contributed by atoms with Crippen LogP contribution in [0, 0.1) is 0 Å². The summed E-state index contributed by atoms with van der Waals surface area (Å²) in [7, 11) is 0. The Kier molecular flexibility index (Phi) is 8.21. The fourth-order valence-corrected chi connectivity index (χ4v) is 2.13. The van der Waals surface area contributed by atoms with E-state index in [4.69, 9.17) is 0 Å². The molecule has 0 amide bonds. The van der Waals surface area contributed by atoms with Gasteiger partial charge in [-0.2, -0.15) is 0 Å². The second-order valence-electron chi connectivity index (χ2n) is 3.52. The van der Waals surface area contributed by atoms with E-state index in [0.29, 0.717) is 0 Å². The Labute approximate surface area is 107 Å². The van der Waals surface area contributed by atoms with Gasteiger partial charge in [0, 0.05) is 17.0 Å². The van der Waals surface area contributed by atoms with Gasteiger partial charge in [0.15, 0.2) is 0 Å². The molecule has 0 unspecified atom stereocenters. The lowest BCUT2D eigenvalue weighted by molar-refractivity contribution is 0.676. The van der Waals surface area contributed by atoms with E-state index in [0.717, 1.165) is 5.69 Å². The number of fused-ring (bicyclic) bond motifs is 1. The summed E-state index contributed by atoms with van der Waals surface area (Å²) in [5, 5.41) is 0. The Morgan fingerprint density at radius 3 is 2.06 bits per heavy atom. The molecule has 1 aliphatic rings. The summed E-state index contributed by atoms with van der Waals surface area (Å²) in [6, 6.07) is 0. The fraction of sp³-hybridized carbons (Fsp3) is 0.500. The molecule has 1 aliphatic carbocycles. The lowest BCUT2D eigenvalue weighted by Crippen LogP contribution is -2.00. The molecule has 0 radical (unpaired) electrons. The second-order valence-corrected chi connectivity index (χ2v) is 3.52. The summed E-state index contributed by atoms with van der Waals surface area (Å²) in [6.07, 6.45) is 8.82. The van der Waals surface area contributed by atoms with E-state index in [-0.39, 0.29) is 0 Å². The predicted molar refractivity (Wildman–Crippen MR) is 80.3 cm³/mol. The van der Waals surface area contributed by atoms with Gasteiger partial charge in [-0.15, -0.1) is 0 Å². The third-order valence-electron chi connectivity index (χ3n) is 2.78. The summed E-state index contributed by atoms with van der Waals surface area (Å²) in [4.78, 5) is 3.41. The normalized spacial score (nSPS) is 12.2. The molecular formula is C16H27N. The SMILES string of the molecule is C=Cc1[nH]c2c(c1C=C)CCCC2.CC.CC. The van der Waals surface area contributed by atoms with Crippen molar-refractivity contribution in [3.63, 3.8) is 0 Å². The maximum atomic E-state index is 3.85. The molecule has 0 aliphatic heterocycles. The third-order valence-corrected chi connectivity index (χ3v) is 2.78. The Morgan fingerprint density at radius 1 is 0.941 bits per heavy atom. The number of nitrogens with one attached hydrogen (secondary N) is 1. The van der Waals surface area contributed by atoms with Gasteiger partial charge in [-0.25, -0.2) is 0 Å². The van der Waals surface area contributed by atoms with Crippen LogP contribution in [0.3, 0.4) is 0 Å². The fourth-order valence-electron chi connectivity index (χ4n) is 2.13. The minimum atomic E-state index is 1.14. The van der Waals surface area contributed by atoms with E-state index in [9.17, 15) is 0 Å². The smallest absolute Gasteiger partial charge is 0.0452 e. The summed E-state index contributed by atoms with van der Waals surface area (Å²) in [5.41, 5.74) is 5.28. The van der Waals surface area contributed by atoms with Gasteiger partial charge in [0.2, 0.25) is 0 Å². The van der Waals surface area contributed by atoms with Crippen molar-refractivity contribution in [1.29, 1.82) is 0 Å². The lowest BCUT2D eigenvalue weighted by atomic mass is 9.94. The highest BCUT2D eigenvalue weighted by molar-refractivity contribution is 5.66. The van der Waals surface area contributed by atoms with E-state index in [1.807, 2.05) is 39.8 Å². The van der Waals surface area contributed by atoms with Gasteiger partial charge in [-0.05, 0) is 37.3 Å². The highest BCUT2D eigenvalue weighted by Crippen LogP contribution is 2.28. The molecule has 0 saturated carbocycles. The quantitative estimate of drug-likeness (QED) is 0.719. The maximum absolute atomic E-state index is 3.85. The molecule has 0 atom stereocenters. The predicted octanol–water partition coefficient (Wildman–Crippen LogP) is 5.23. The lowest BCUT2D eigenvalue weighted by Gasteiger charge is -2.10. The van der Waals surface area contributed by atoms with Crippen molar-refractivity contribution < 1.29 is 0 Å². The summed E-state index contributed by atoms with van der Waals surface area (Å²) < 4.78 is 0. The van der Waals surface area contributed by atoms with Crippen LogP contribution in [0.1, 0.15) is 63.1 Å². The van der Waals surface area contributed by atoms with E-state index >= 15 is 0 Å². The molecule has 0 aromatic carbocycles. The Balaban J connectivity index is 0.000000581. The first-order chi connectivity index (χ1) is 8.36. The highest BCUT2D eigenvalue weighted by atomic mass is 14.7. The number of aromatic nitrogens is 1. The topological polar surface area (TPSA) is 15.8 Å². The number of hydrogen-bond donors (Lipinski definition) is 1. The van der Waals surface area contributed by atoms with E-state index in [2.05, 4.69) is 18.1 Å². The zero-order valence-electron chi connectivity index (χ0n) is 11.9. The van der Waals surface area contributed by atoms with Crippen molar-refractivity contribution in [2.24, 2.45) is 0 Å². The van der Waals surface area contributed by atoms with Crippen molar-refractivity contribution in [1.82, 2.24) is 4.98 Å². The zero-order chi connectivity index (χ0) is 13.3. The van der Waals surface area contributed by atoms with Gasteiger partial charge < -0.3 is 4.98 Å². The Bertz CT molecular complexity index is 345. The van der Waals surface area contributed by atoms with Crippen LogP contribution in [0.25, 0.3) is 12.2 Å². The number of H-pyrrole nitrogens is 1. The molecule has 1 heteroatoms. The minimum Gasteiger partial charge on any atom is -0.358 e. The monoisotopic (exact) mass is 233 g/mol. The van der Waals surface area contributed by atoms with Gasteiger partial charge in [-0.3, -0.25) is 0 Å². The van der Waals surface area contributed by atoms with Gasteiger partial charge in [0.25, 0.3) is 0 Å². The van der Waals surface area contributed by atoms with Gasteiger partial charge in [-0.1, -0.05) is 46.9 Å². The molecule has 1 aromatic heterocycles. The molecule has 1 heterocycles. The molecule has 0 saturated heterocycles. The standard InChI is InChI=1S/C12H15N.2C2H6/c1-3-9-10-7-5-6-8-12(10)13-11(9)4-2;2*1-2/h3-4,13H,1-2,5-8H2;2*1-2H3. The van der Waals surface area contributed by atoms with Crippen LogP contribution in [0.2, 0.25) is 0 Å². The molecule has 0 bridgehead atoms. The number of aryl methyl sites for hydroxylation is 1. The van der Waals surface area contributed by atoms with Crippen molar-refractivity contribution in [2.75, 3.05) is 0 Å². The van der Waals surface area contributed by atoms with Crippen LogP contribution in [-0.2, 0) is 12.8 Å². The van der Waals surface area contributed by atoms with Gasteiger partial charge >= 0.3 is 0 Å². The van der Waals surface area contributed by atoms with E-state index < -0.39 is 0 Å². The highest BCUT2D eigenvalue weighted by Gasteiger charge is 2.16. The van der Waals surface area contributed by atoms with Crippen LogP contribution >= 0.6 is 0 Å². The van der Waals surface area contributed by atoms with Crippen LogP contribution in [0.15, 0.2) is 13.2 Å². The average Bonchev–Trinajstić information content (AvgIpc) is 2.80. The molecule has 0 spiro atoms. The van der Waals surface area contributed by atoms with E-state index in [1.54, 1.807) is 0 Å². The van der Waals surface area contributed by atoms with E-state index in [1.165, 1.54) is 42.5 Å². The Hall–Kier alpha value is -1.24. The summed E-state index contributed by atoms with van der Waals surface area (Å²) >= 11 is 0. The first-order valence-corrected chi connectivity index (χ1v) is 6.85. The van der Waals surface area contributed by atoms with Crippen LogP contribution in [-0.4, -0.2) is 4.98 Å². The summed E-state index contributed by atoms with van der Waals surface area (Å²) in [6.45, 7) is 15.7. The first kappa shape index (κ1) is 15.8. The molecule has 96 valence electrons. The van der Waals surface area contributed by atoms with Crippen molar-refractivity contribution >= 4 is 12.2 Å². The molecule has 17 heavy (non-hydrogen) atoms.